The van der Waals surface area contributed by atoms with Crippen molar-refractivity contribution in [3.8, 4) is 11.3 Å². The van der Waals surface area contributed by atoms with Gasteiger partial charge in [0.2, 0.25) is 5.13 Å². The molecule has 120 valence electrons. The number of halogens is 1. The van der Waals surface area contributed by atoms with Crippen LogP contribution in [0.1, 0.15) is 5.56 Å². The van der Waals surface area contributed by atoms with Crippen LogP contribution in [0.5, 0.6) is 0 Å². The van der Waals surface area contributed by atoms with E-state index in [1.54, 1.807) is 30.5 Å². The Balaban J connectivity index is 1.64. The number of nitro benzene ring substituents is 1. The molecular weight excluding hydrogens is 331 g/mol. The molecule has 0 fully saturated rings. The summed E-state index contributed by atoms with van der Waals surface area (Å²) in [6.45, 7) is 0. The van der Waals surface area contributed by atoms with Gasteiger partial charge in [-0.05, 0) is 42.0 Å². The number of nitro groups is 1. The van der Waals surface area contributed by atoms with Crippen LogP contribution in [0.2, 0.25) is 0 Å². The van der Waals surface area contributed by atoms with Crippen LogP contribution < -0.4 is 5.43 Å². The lowest BCUT2D eigenvalue weighted by molar-refractivity contribution is -0.384. The van der Waals surface area contributed by atoms with Crippen molar-refractivity contribution in [3.05, 3.63) is 75.4 Å². The highest BCUT2D eigenvalue weighted by Gasteiger charge is 2.04. The number of aromatic nitrogens is 1. The summed E-state index contributed by atoms with van der Waals surface area (Å²) in [5.74, 6) is -0.292. The van der Waals surface area contributed by atoms with Gasteiger partial charge in [0.05, 0.1) is 16.8 Å². The number of hydrazone groups is 1. The summed E-state index contributed by atoms with van der Waals surface area (Å²) in [6, 6.07) is 12.1. The minimum atomic E-state index is -0.453. The van der Waals surface area contributed by atoms with E-state index < -0.39 is 4.92 Å². The number of rotatable bonds is 5. The van der Waals surface area contributed by atoms with Gasteiger partial charge >= 0.3 is 0 Å². The van der Waals surface area contributed by atoms with E-state index in [0.29, 0.717) is 5.13 Å². The van der Waals surface area contributed by atoms with Crippen molar-refractivity contribution in [2.45, 2.75) is 0 Å². The van der Waals surface area contributed by atoms with E-state index in [9.17, 15) is 14.5 Å². The minimum Gasteiger partial charge on any atom is -0.258 e. The van der Waals surface area contributed by atoms with Gasteiger partial charge in [-0.2, -0.15) is 5.10 Å². The van der Waals surface area contributed by atoms with Crippen molar-refractivity contribution < 1.29 is 9.31 Å². The number of nitrogens with zero attached hydrogens (tertiary/aromatic N) is 3. The second-order valence-corrected chi connectivity index (χ2v) is 5.62. The molecule has 0 atom stereocenters. The minimum absolute atomic E-state index is 0.0315. The molecule has 1 aromatic heterocycles. The lowest BCUT2D eigenvalue weighted by Gasteiger charge is -1.96. The fourth-order valence-corrected chi connectivity index (χ4v) is 2.59. The Labute approximate surface area is 140 Å². The maximum absolute atomic E-state index is 12.9. The molecular formula is C16H11FN4O2S. The van der Waals surface area contributed by atoms with Crippen LogP contribution in [-0.2, 0) is 0 Å². The standard InChI is InChI=1S/C16H11FN4O2S/c17-13-5-3-12(4-6-13)15-10-24-16(19-15)20-18-9-11-1-7-14(8-2-11)21(22)23/h1-10H,(H,19,20). The molecule has 0 radical (unpaired) electrons. The third-order valence-electron chi connectivity index (χ3n) is 3.12. The SMILES string of the molecule is O=[N+]([O-])c1ccc(C=NNc2nc(-c3ccc(F)cc3)cs2)cc1. The maximum Gasteiger partial charge on any atom is 0.269 e. The molecule has 0 saturated heterocycles. The van der Waals surface area contributed by atoms with E-state index in [-0.39, 0.29) is 11.5 Å². The zero-order valence-corrected chi connectivity index (χ0v) is 13.0. The predicted octanol–water partition coefficient (Wildman–Crippen LogP) is 4.30. The van der Waals surface area contributed by atoms with Gasteiger partial charge in [0.1, 0.15) is 5.82 Å². The Kier molecular flexibility index (Phi) is 4.57. The zero-order valence-electron chi connectivity index (χ0n) is 12.2. The van der Waals surface area contributed by atoms with E-state index in [4.69, 9.17) is 0 Å². The van der Waals surface area contributed by atoms with Gasteiger partial charge in [0, 0.05) is 23.1 Å². The highest BCUT2D eigenvalue weighted by molar-refractivity contribution is 7.14. The van der Waals surface area contributed by atoms with E-state index in [1.165, 1.54) is 35.6 Å². The Morgan fingerprint density at radius 2 is 1.88 bits per heavy atom. The lowest BCUT2D eigenvalue weighted by atomic mass is 10.2. The summed E-state index contributed by atoms with van der Waals surface area (Å²) < 4.78 is 12.9. The quantitative estimate of drug-likeness (QED) is 0.426. The van der Waals surface area contributed by atoms with Gasteiger partial charge in [-0.15, -0.1) is 11.3 Å². The number of thiazole rings is 1. The Morgan fingerprint density at radius 3 is 2.54 bits per heavy atom. The molecule has 1 heterocycles. The first-order valence-electron chi connectivity index (χ1n) is 6.87. The zero-order chi connectivity index (χ0) is 16.9. The molecule has 6 nitrogen and oxygen atoms in total. The summed E-state index contributed by atoms with van der Waals surface area (Å²) in [6.07, 6.45) is 1.54. The van der Waals surface area contributed by atoms with E-state index >= 15 is 0 Å². The molecule has 0 bridgehead atoms. The third-order valence-corrected chi connectivity index (χ3v) is 3.87. The van der Waals surface area contributed by atoms with Gasteiger partial charge < -0.3 is 0 Å². The van der Waals surface area contributed by atoms with Crippen molar-refractivity contribution in [2.24, 2.45) is 5.10 Å². The van der Waals surface area contributed by atoms with Crippen LogP contribution in [0.25, 0.3) is 11.3 Å². The fraction of sp³-hybridized carbons (Fsp3) is 0. The molecule has 0 aliphatic heterocycles. The number of anilines is 1. The van der Waals surface area contributed by atoms with Crippen LogP contribution in [-0.4, -0.2) is 16.1 Å². The van der Waals surface area contributed by atoms with Gasteiger partial charge in [-0.25, -0.2) is 9.37 Å². The normalized spacial score (nSPS) is 10.9. The first kappa shape index (κ1) is 15.8. The summed E-state index contributed by atoms with van der Waals surface area (Å²) in [5.41, 5.74) is 5.11. The molecule has 0 aliphatic rings. The first-order chi connectivity index (χ1) is 11.6. The topological polar surface area (TPSA) is 80.4 Å². The second-order valence-electron chi connectivity index (χ2n) is 4.76. The molecule has 1 N–H and O–H groups in total. The summed E-state index contributed by atoms with van der Waals surface area (Å²) >= 11 is 1.37. The number of benzene rings is 2. The average Bonchev–Trinajstić information content (AvgIpc) is 3.05. The van der Waals surface area contributed by atoms with Crippen molar-refractivity contribution >= 4 is 28.4 Å². The smallest absolute Gasteiger partial charge is 0.258 e. The fourth-order valence-electron chi connectivity index (χ4n) is 1.92. The average molecular weight is 342 g/mol. The summed E-state index contributed by atoms with van der Waals surface area (Å²) in [7, 11) is 0. The van der Waals surface area contributed by atoms with Gasteiger partial charge in [0.25, 0.3) is 5.69 Å². The van der Waals surface area contributed by atoms with Gasteiger partial charge in [-0.1, -0.05) is 0 Å². The molecule has 2 aromatic carbocycles. The highest BCUT2D eigenvalue weighted by atomic mass is 32.1. The maximum atomic E-state index is 12.9. The van der Waals surface area contributed by atoms with Crippen LogP contribution in [0.4, 0.5) is 15.2 Å². The van der Waals surface area contributed by atoms with Crippen LogP contribution >= 0.6 is 11.3 Å². The van der Waals surface area contributed by atoms with Crippen LogP contribution in [0.3, 0.4) is 0 Å². The van der Waals surface area contributed by atoms with Crippen LogP contribution in [0, 0.1) is 15.9 Å². The van der Waals surface area contributed by atoms with Crippen LogP contribution in [0.15, 0.2) is 59.0 Å². The largest absolute Gasteiger partial charge is 0.269 e. The third kappa shape index (κ3) is 3.79. The molecule has 3 rings (SSSR count). The van der Waals surface area contributed by atoms with E-state index in [2.05, 4.69) is 15.5 Å². The molecule has 8 heteroatoms. The molecule has 0 unspecified atom stereocenters. The summed E-state index contributed by atoms with van der Waals surface area (Å²) in [5, 5.41) is 17.1. The molecule has 24 heavy (non-hydrogen) atoms. The van der Waals surface area contributed by atoms with Crippen molar-refractivity contribution in [1.82, 2.24) is 4.98 Å². The van der Waals surface area contributed by atoms with Gasteiger partial charge in [-0.3, -0.25) is 15.5 Å². The lowest BCUT2D eigenvalue weighted by Crippen LogP contribution is -1.91. The first-order valence-corrected chi connectivity index (χ1v) is 7.75. The van der Waals surface area contributed by atoms with E-state index in [0.717, 1.165) is 16.8 Å². The van der Waals surface area contributed by atoms with Crippen molar-refractivity contribution in [2.75, 3.05) is 5.43 Å². The number of hydrogen-bond donors (Lipinski definition) is 1. The Bertz CT molecular complexity index is 876. The molecule has 0 spiro atoms. The van der Waals surface area contributed by atoms with Crippen molar-refractivity contribution in [1.29, 1.82) is 0 Å². The monoisotopic (exact) mass is 342 g/mol. The summed E-state index contributed by atoms with van der Waals surface area (Å²) in [4.78, 5) is 14.5. The Morgan fingerprint density at radius 1 is 1.17 bits per heavy atom. The highest BCUT2D eigenvalue weighted by Crippen LogP contribution is 2.24. The molecule has 3 aromatic rings. The molecule has 0 amide bonds. The van der Waals surface area contributed by atoms with E-state index in [1.807, 2.05) is 5.38 Å². The Hall–Kier alpha value is -3.13. The predicted molar refractivity (Wildman–Crippen MR) is 91.8 cm³/mol. The molecule has 0 saturated carbocycles. The molecule has 0 aliphatic carbocycles. The number of non-ortho nitro benzene ring substituents is 1. The number of nitrogens with one attached hydrogen (secondary N) is 1. The van der Waals surface area contributed by atoms with Crippen molar-refractivity contribution in [3.63, 3.8) is 0 Å². The second kappa shape index (κ2) is 6.97. The van der Waals surface area contributed by atoms with Gasteiger partial charge in [0.15, 0.2) is 0 Å². The number of hydrogen-bond acceptors (Lipinski definition) is 6.